The van der Waals surface area contributed by atoms with Gasteiger partial charge in [-0.15, -0.1) is 0 Å². The summed E-state index contributed by atoms with van der Waals surface area (Å²) in [6, 6.07) is 7.45. The highest BCUT2D eigenvalue weighted by Crippen LogP contribution is 2.25. The summed E-state index contributed by atoms with van der Waals surface area (Å²) in [5, 5.41) is 9.25. The summed E-state index contributed by atoms with van der Waals surface area (Å²) in [4.78, 5) is 13.3. The molecule has 2 atom stereocenters. The van der Waals surface area contributed by atoms with Gasteiger partial charge < -0.3 is 9.84 Å². The Labute approximate surface area is 114 Å². The molecule has 1 N–H and O–H groups in total. The van der Waals surface area contributed by atoms with Gasteiger partial charge in [0.05, 0.1) is 0 Å². The Bertz CT molecular complexity index is 447. The summed E-state index contributed by atoms with van der Waals surface area (Å²) in [6.45, 7) is 5.57. The largest absolute Gasteiger partial charge is 0.489 e. The van der Waals surface area contributed by atoms with Gasteiger partial charge in [-0.2, -0.15) is 0 Å². The number of hydrogen-bond donors (Lipinski definition) is 1. The second-order valence-corrected chi connectivity index (χ2v) is 5.09. The number of benzene rings is 1. The van der Waals surface area contributed by atoms with E-state index >= 15 is 0 Å². The van der Waals surface area contributed by atoms with Crippen LogP contribution in [0.3, 0.4) is 0 Å². The average Bonchev–Trinajstić information content (AvgIpc) is 2.76. The highest BCUT2D eigenvalue weighted by molar-refractivity contribution is 5.74. The Morgan fingerprint density at radius 2 is 2.21 bits per heavy atom. The fourth-order valence-corrected chi connectivity index (χ4v) is 2.61. The fourth-order valence-electron chi connectivity index (χ4n) is 2.61. The third-order valence-electron chi connectivity index (χ3n) is 3.55. The maximum absolute atomic E-state index is 11.3. The SMILES string of the molecule is CCCN1C[C@H](Oc2ccccc2C)C[C@H]1C(=O)O. The number of ether oxygens (including phenoxy) is 1. The lowest BCUT2D eigenvalue weighted by Gasteiger charge is -2.19. The van der Waals surface area contributed by atoms with Crippen molar-refractivity contribution in [2.45, 2.75) is 38.8 Å². The van der Waals surface area contributed by atoms with Crippen LogP contribution in [-0.2, 0) is 4.79 Å². The molecule has 0 radical (unpaired) electrons. The van der Waals surface area contributed by atoms with E-state index in [2.05, 4.69) is 6.92 Å². The van der Waals surface area contributed by atoms with Crippen molar-refractivity contribution >= 4 is 5.97 Å². The van der Waals surface area contributed by atoms with Gasteiger partial charge in [-0.1, -0.05) is 25.1 Å². The summed E-state index contributed by atoms with van der Waals surface area (Å²) < 4.78 is 5.96. The Morgan fingerprint density at radius 3 is 2.84 bits per heavy atom. The monoisotopic (exact) mass is 263 g/mol. The lowest BCUT2D eigenvalue weighted by molar-refractivity contribution is -0.142. The normalized spacial score (nSPS) is 23.5. The van der Waals surface area contributed by atoms with Gasteiger partial charge in [0.2, 0.25) is 0 Å². The van der Waals surface area contributed by atoms with Crippen LogP contribution in [0.1, 0.15) is 25.3 Å². The molecule has 104 valence electrons. The number of hydrogen-bond acceptors (Lipinski definition) is 3. The number of carboxylic acid groups (broad SMARTS) is 1. The van der Waals surface area contributed by atoms with Crippen LogP contribution in [0, 0.1) is 6.92 Å². The number of aliphatic carboxylic acids is 1. The quantitative estimate of drug-likeness (QED) is 0.885. The van der Waals surface area contributed by atoms with E-state index in [1.54, 1.807) is 0 Å². The van der Waals surface area contributed by atoms with Crippen molar-refractivity contribution in [1.29, 1.82) is 0 Å². The van der Waals surface area contributed by atoms with E-state index in [4.69, 9.17) is 4.74 Å². The molecule has 1 aromatic carbocycles. The molecule has 0 aliphatic carbocycles. The van der Waals surface area contributed by atoms with Crippen molar-refractivity contribution in [2.75, 3.05) is 13.1 Å². The molecular weight excluding hydrogens is 242 g/mol. The molecule has 4 heteroatoms. The topological polar surface area (TPSA) is 49.8 Å². The van der Waals surface area contributed by atoms with E-state index in [0.717, 1.165) is 24.3 Å². The number of likely N-dealkylation sites (tertiary alicyclic amines) is 1. The Kier molecular flexibility index (Phi) is 4.43. The van der Waals surface area contributed by atoms with Crippen molar-refractivity contribution in [2.24, 2.45) is 0 Å². The van der Waals surface area contributed by atoms with Crippen LogP contribution in [0.25, 0.3) is 0 Å². The van der Waals surface area contributed by atoms with Gasteiger partial charge in [0, 0.05) is 13.0 Å². The first kappa shape index (κ1) is 13.9. The number of rotatable bonds is 5. The van der Waals surface area contributed by atoms with E-state index in [1.807, 2.05) is 36.1 Å². The standard InChI is InChI=1S/C15H21NO3/c1-3-8-16-10-12(9-13(16)15(17)18)19-14-7-5-4-6-11(14)2/h4-7,12-13H,3,8-10H2,1-2H3,(H,17,18)/t12-,13+/m1/s1. The number of nitrogens with zero attached hydrogens (tertiary/aromatic N) is 1. The third-order valence-corrected chi connectivity index (χ3v) is 3.55. The summed E-state index contributed by atoms with van der Waals surface area (Å²) in [5.41, 5.74) is 1.09. The Hall–Kier alpha value is -1.55. The molecule has 1 aliphatic rings. The second kappa shape index (κ2) is 6.06. The number of para-hydroxylation sites is 1. The van der Waals surface area contributed by atoms with Crippen LogP contribution in [0.15, 0.2) is 24.3 Å². The van der Waals surface area contributed by atoms with Crippen molar-refractivity contribution in [3.8, 4) is 5.75 Å². The van der Waals surface area contributed by atoms with Crippen LogP contribution in [-0.4, -0.2) is 41.2 Å². The highest BCUT2D eigenvalue weighted by atomic mass is 16.5. The van der Waals surface area contributed by atoms with Gasteiger partial charge in [0.1, 0.15) is 17.9 Å². The number of carbonyl (C=O) groups is 1. The minimum Gasteiger partial charge on any atom is -0.489 e. The molecule has 0 amide bonds. The van der Waals surface area contributed by atoms with E-state index in [9.17, 15) is 9.90 Å². The highest BCUT2D eigenvalue weighted by Gasteiger charge is 2.37. The molecule has 19 heavy (non-hydrogen) atoms. The van der Waals surface area contributed by atoms with Gasteiger partial charge in [-0.05, 0) is 31.5 Å². The number of aryl methyl sites for hydroxylation is 1. The fraction of sp³-hybridized carbons (Fsp3) is 0.533. The van der Waals surface area contributed by atoms with Crippen LogP contribution >= 0.6 is 0 Å². The maximum Gasteiger partial charge on any atom is 0.321 e. The van der Waals surface area contributed by atoms with E-state index in [-0.39, 0.29) is 6.10 Å². The summed E-state index contributed by atoms with van der Waals surface area (Å²) >= 11 is 0. The van der Waals surface area contributed by atoms with Crippen molar-refractivity contribution in [3.05, 3.63) is 29.8 Å². The van der Waals surface area contributed by atoms with E-state index < -0.39 is 12.0 Å². The van der Waals surface area contributed by atoms with Gasteiger partial charge in [0.25, 0.3) is 0 Å². The van der Waals surface area contributed by atoms with Crippen LogP contribution in [0.2, 0.25) is 0 Å². The number of carboxylic acids is 1. The summed E-state index contributed by atoms with van der Waals surface area (Å²) in [5.74, 6) is 0.110. The lowest BCUT2D eigenvalue weighted by atomic mass is 10.2. The molecule has 1 aromatic rings. The molecule has 0 aromatic heterocycles. The molecule has 0 bridgehead atoms. The van der Waals surface area contributed by atoms with E-state index in [0.29, 0.717) is 13.0 Å². The maximum atomic E-state index is 11.3. The van der Waals surface area contributed by atoms with Gasteiger partial charge in [-0.25, -0.2) is 0 Å². The van der Waals surface area contributed by atoms with Gasteiger partial charge in [0.15, 0.2) is 0 Å². The molecule has 0 saturated carbocycles. The predicted molar refractivity (Wildman–Crippen MR) is 73.5 cm³/mol. The van der Waals surface area contributed by atoms with Crippen molar-refractivity contribution in [1.82, 2.24) is 4.90 Å². The first-order chi connectivity index (χ1) is 9.11. The molecule has 1 heterocycles. The van der Waals surface area contributed by atoms with Crippen LogP contribution in [0.5, 0.6) is 5.75 Å². The molecule has 0 spiro atoms. The smallest absolute Gasteiger partial charge is 0.321 e. The third kappa shape index (κ3) is 3.26. The zero-order chi connectivity index (χ0) is 13.8. The van der Waals surface area contributed by atoms with Crippen LogP contribution < -0.4 is 4.74 Å². The minimum atomic E-state index is -0.746. The molecule has 1 saturated heterocycles. The first-order valence-electron chi connectivity index (χ1n) is 6.81. The molecule has 0 unspecified atom stereocenters. The van der Waals surface area contributed by atoms with E-state index in [1.165, 1.54) is 0 Å². The summed E-state index contributed by atoms with van der Waals surface area (Å²) in [6.07, 6.45) is 1.48. The minimum absolute atomic E-state index is 0.0336. The molecule has 1 fully saturated rings. The zero-order valence-electron chi connectivity index (χ0n) is 11.5. The molecule has 1 aliphatic heterocycles. The zero-order valence-corrected chi connectivity index (χ0v) is 11.5. The lowest BCUT2D eigenvalue weighted by Crippen LogP contribution is -2.36. The summed E-state index contributed by atoms with van der Waals surface area (Å²) in [7, 11) is 0. The van der Waals surface area contributed by atoms with Gasteiger partial charge >= 0.3 is 5.97 Å². The second-order valence-electron chi connectivity index (χ2n) is 5.09. The Balaban J connectivity index is 2.03. The molecule has 2 rings (SSSR count). The first-order valence-corrected chi connectivity index (χ1v) is 6.81. The van der Waals surface area contributed by atoms with Crippen molar-refractivity contribution < 1.29 is 14.6 Å². The molecule has 4 nitrogen and oxygen atoms in total. The predicted octanol–water partition coefficient (Wildman–Crippen LogP) is 2.31. The van der Waals surface area contributed by atoms with Crippen LogP contribution in [0.4, 0.5) is 0 Å². The van der Waals surface area contributed by atoms with Crippen molar-refractivity contribution in [3.63, 3.8) is 0 Å². The van der Waals surface area contributed by atoms with Gasteiger partial charge in [-0.3, -0.25) is 9.69 Å². The Morgan fingerprint density at radius 1 is 1.47 bits per heavy atom. The average molecular weight is 263 g/mol. The molecular formula is C15H21NO3.